The highest BCUT2D eigenvalue weighted by atomic mass is 32.1. The van der Waals surface area contributed by atoms with Gasteiger partial charge in [0.05, 0.1) is 0 Å². The molecule has 0 N–H and O–H groups in total. The molecule has 1 aliphatic rings. The second-order valence-electron chi connectivity index (χ2n) is 4.06. The van der Waals surface area contributed by atoms with Gasteiger partial charge in [0.15, 0.2) is 0 Å². The summed E-state index contributed by atoms with van der Waals surface area (Å²) in [4.78, 5) is 3.08. The van der Waals surface area contributed by atoms with Gasteiger partial charge in [0.25, 0.3) is 0 Å². The molecule has 0 bridgehead atoms. The van der Waals surface area contributed by atoms with Crippen molar-refractivity contribution in [1.29, 1.82) is 0 Å². The van der Waals surface area contributed by atoms with Gasteiger partial charge in [-0.05, 0) is 43.7 Å². The van der Waals surface area contributed by atoms with Crippen molar-refractivity contribution in [3.8, 4) is 0 Å². The summed E-state index contributed by atoms with van der Waals surface area (Å²) < 4.78 is 0. The Morgan fingerprint density at radius 3 is 2.67 bits per heavy atom. The number of hydrogen-bond donors (Lipinski definition) is 0. The Balaban J connectivity index is 2.11. The summed E-state index contributed by atoms with van der Waals surface area (Å²) >= 11 is 1.99. The van der Waals surface area contributed by atoms with E-state index < -0.39 is 0 Å². The van der Waals surface area contributed by atoms with E-state index in [9.17, 15) is 0 Å². The molecule has 66 valence electrons. The van der Waals surface area contributed by atoms with E-state index in [2.05, 4.69) is 26.0 Å². The van der Waals surface area contributed by atoms with Crippen molar-refractivity contribution in [3.63, 3.8) is 0 Å². The van der Waals surface area contributed by atoms with Crippen LogP contribution in [-0.4, -0.2) is 0 Å². The SMILES string of the molecule is Cc1ccc([C@H]2CCC(C)C2)s1. The molecule has 2 rings (SSSR count). The van der Waals surface area contributed by atoms with Crippen LogP contribution in [0.3, 0.4) is 0 Å². The second kappa shape index (κ2) is 3.21. The zero-order chi connectivity index (χ0) is 8.55. The predicted molar refractivity (Wildman–Crippen MR) is 54.8 cm³/mol. The van der Waals surface area contributed by atoms with Gasteiger partial charge in [-0.3, -0.25) is 0 Å². The minimum atomic E-state index is 0.888. The van der Waals surface area contributed by atoms with Gasteiger partial charge in [0, 0.05) is 9.75 Å². The molecule has 0 amide bonds. The quantitative estimate of drug-likeness (QED) is 0.613. The van der Waals surface area contributed by atoms with Gasteiger partial charge in [-0.15, -0.1) is 11.3 Å². The van der Waals surface area contributed by atoms with Crippen molar-refractivity contribution in [3.05, 3.63) is 21.9 Å². The molecule has 1 saturated carbocycles. The van der Waals surface area contributed by atoms with Crippen molar-refractivity contribution in [2.45, 2.75) is 39.0 Å². The number of hydrogen-bond acceptors (Lipinski definition) is 1. The number of thiophene rings is 1. The van der Waals surface area contributed by atoms with Crippen molar-refractivity contribution >= 4 is 11.3 Å². The van der Waals surface area contributed by atoms with Crippen molar-refractivity contribution in [2.24, 2.45) is 5.92 Å². The number of aryl methyl sites for hydroxylation is 1. The first-order valence-electron chi connectivity index (χ1n) is 4.82. The van der Waals surface area contributed by atoms with E-state index in [1.165, 1.54) is 24.1 Å². The largest absolute Gasteiger partial charge is 0.145 e. The predicted octanol–water partition coefficient (Wildman–Crippen LogP) is 3.96. The molecule has 1 aliphatic carbocycles. The molecule has 0 saturated heterocycles. The Bertz CT molecular complexity index is 262. The van der Waals surface area contributed by atoms with E-state index in [-0.39, 0.29) is 0 Å². The molecular formula is C11H16S. The third-order valence-electron chi connectivity index (χ3n) is 2.86. The number of rotatable bonds is 1. The van der Waals surface area contributed by atoms with Crippen LogP contribution in [0.25, 0.3) is 0 Å². The Morgan fingerprint density at radius 1 is 1.33 bits per heavy atom. The molecule has 1 aromatic heterocycles. The third kappa shape index (κ3) is 1.56. The lowest BCUT2D eigenvalue weighted by molar-refractivity contribution is 0.599. The molecule has 1 heterocycles. The Labute approximate surface area is 78.6 Å². The molecule has 1 unspecified atom stereocenters. The van der Waals surface area contributed by atoms with Crippen LogP contribution in [-0.2, 0) is 0 Å². The monoisotopic (exact) mass is 180 g/mol. The minimum Gasteiger partial charge on any atom is -0.145 e. The van der Waals surface area contributed by atoms with Gasteiger partial charge >= 0.3 is 0 Å². The first-order chi connectivity index (χ1) is 5.75. The molecule has 0 nitrogen and oxygen atoms in total. The van der Waals surface area contributed by atoms with Gasteiger partial charge in [-0.2, -0.15) is 0 Å². The molecular weight excluding hydrogens is 164 g/mol. The Kier molecular flexibility index (Phi) is 2.22. The highest BCUT2D eigenvalue weighted by molar-refractivity contribution is 7.12. The molecule has 2 atom stereocenters. The molecule has 12 heavy (non-hydrogen) atoms. The maximum Gasteiger partial charge on any atom is 0.00791 e. The lowest BCUT2D eigenvalue weighted by Gasteiger charge is -2.05. The summed E-state index contributed by atoms with van der Waals surface area (Å²) in [7, 11) is 0. The lowest BCUT2D eigenvalue weighted by Crippen LogP contribution is -1.88. The van der Waals surface area contributed by atoms with Gasteiger partial charge in [0.1, 0.15) is 0 Å². The normalized spacial score (nSPS) is 29.5. The summed E-state index contributed by atoms with van der Waals surface area (Å²) in [6.45, 7) is 4.58. The van der Waals surface area contributed by atoms with Crippen LogP contribution in [0.2, 0.25) is 0 Å². The van der Waals surface area contributed by atoms with E-state index in [0.717, 1.165) is 11.8 Å². The average Bonchev–Trinajstić information content (AvgIpc) is 2.58. The fraction of sp³-hybridized carbons (Fsp3) is 0.636. The average molecular weight is 180 g/mol. The van der Waals surface area contributed by atoms with Crippen LogP contribution in [0, 0.1) is 12.8 Å². The summed E-state index contributed by atoms with van der Waals surface area (Å²) in [5.74, 6) is 1.84. The van der Waals surface area contributed by atoms with Crippen LogP contribution >= 0.6 is 11.3 Å². The first-order valence-corrected chi connectivity index (χ1v) is 5.63. The van der Waals surface area contributed by atoms with Gasteiger partial charge in [0.2, 0.25) is 0 Å². The molecule has 0 spiro atoms. The third-order valence-corrected chi connectivity index (χ3v) is 4.02. The summed E-state index contributed by atoms with van der Waals surface area (Å²) in [5.41, 5.74) is 0. The summed E-state index contributed by atoms with van der Waals surface area (Å²) in [6, 6.07) is 4.58. The molecule has 1 aromatic rings. The molecule has 1 fully saturated rings. The molecule has 1 heteroatoms. The first kappa shape index (κ1) is 8.31. The highest BCUT2D eigenvalue weighted by Crippen LogP contribution is 2.40. The lowest BCUT2D eigenvalue weighted by atomic mass is 10.0. The smallest absolute Gasteiger partial charge is 0.00791 e. The van der Waals surface area contributed by atoms with Crippen LogP contribution in [0.5, 0.6) is 0 Å². The van der Waals surface area contributed by atoms with E-state index in [0.29, 0.717) is 0 Å². The fourth-order valence-electron chi connectivity index (χ4n) is 2.14. The van der Waals surface area contributed by atoms with E-state index >= 15 is 0 Å². The zero-order valence-electron chi connectivity index (χ0n) is 7.84. The van der Waals surface area contributed by atoms with Gasteiger partial charge < -0.3 is 0 Å². The molecule has 0 radical (unpaired) electrons. The second-order valence-corrected chi connectivity index (χ2v) is 5.38. The van der Waals surface area contributed by atoms with Crippen molar-refractivity contribution in [1.82, 2.24) is 0 Å². The fourth-order valence-corrected chi connectivity index (χ4v) is 3.16. The maximum atomic E-state index is 2.38. The maximum absolute atomic E-state index is 2.38. The van der Waals surface area contributed by atoms with Crippen molar-refractivity contribution in [2.75, 3.05) is 0 Å². The topological polar surface area (TPSA) is 0 Å². The summed E-state index contributed by atoms with van der Waals surface area (Å²) in [5, 5.41) is 0. The van der Waals surface area contributed by atoms with Crippen LogP contribution in [0.4, 0.5) is 0 Å². The Hall–Kier alpha value is -0.300. The minimum absolute atomic E-state index is 0.888. The Morgan fingerprint density at radius 2 is 2.17 bits per heavy atom. The van der Waals surface area contributed by atoms with E-state index in [4.69, 9.17) is 0 Å². The van der Waals surface area contributed by atoms with Crippen LogP contribution in [0.15, 0.2) is 12.1 Å². The van der Waals surface area contributed by atoms with Gasteiger partial charge in [-0.1, -0.05) is 13.3 Å². The molecule has 0 aromatic carbocycles. The van der Waals surface area contributed by atoms with Gasteiger partial charge in [-0.25, -0.2) is 0 Å². The van der Waals surface area contributed by atoms with Crippen LogP contribution < -0.4 is 0 Å². The van der Waals surface area contributed by atoms with Crippen LogP contribution in [0.1, 0.15) is 41.9 Å². The van der Waals surface area contributed by atoms with E-state index in [1.54, 1.807) is 4.88 Å². The molecule has 0 aliphatic heterocycles. The highest BCUT2D eigenvalue weighted by Gasteiger charge is 2.23. The standard InChI is InChI=1S/C11H16S/c1-8-3-5-10(7-8)11-6-4-9(2)12-11/h4,6,8,10H,3,5,7H2,1-2H3/t8?,10-/m0/s1. The van der Waals surface area contributed by atoms with Crippen molar-refractivity contribution < 1.29 is 0 Å². The summed E-state index contributed by atoms with van der Waals surface area (Å²) in [6.07, 6.45) is 4.27. The van der Waals surface area contributed by atoms with E-state index in [1.807, 2.05) is 11.3 Å². The zero-order valence-corrected chi connectivity index (χ0v) is 8.66.